The number of hydrogen-bond donors (Lipinski definition) is 0. The lowest BCUT2D eigenvalue weighted by Crippen LogP contribution is -1.93. The van der Waals surface area contributed by atoms with Crippen molar-refractivity contribution >= 4 is 11.6 Å². The third kappa shape index (κ3) is 2.08. The summed E-state index contributed by atoms with van der Waals surface area (Å²) in [5.41, 5.74) is 0.886. The maximum Gasteiger partial charge on any atom is 0.231 e. The first kappa shape index (κ1) is 13.1. The molecule has 0 saturated heterocycles. The van der Waals surface area contributed by atoms with Crippen LogP contribution in [0.4, 0.5) is 0 Å². The summed E-state index contributed by atoms with van der Waals surface area (Å²) >= 11 is 6.12. The van der Waals surface area contributed by atoms with Crippen LogP contribution in [0.15, 0.2) is 28.8 Å². The monoisotopic (exact) mass is 287 g/mol. The molecule has 3 rings (SSSR count). The van der Waals surface area contributed by atoms with Crippen molar-refractivity contribution in [1.82, 2.24) is 10.1 Å². The van der Waals surface area contributed by atoms with Gasteiger partial charge in [0.05, 0.1) is 17.9 Å². The summed E-state index contributed by atoms with van der Waals surface area (Å²) in [4.78, 5) is 4.41. The average Bonchev–Trinajstić information content (AvgIpc) is 2.75. The number of nitriles is 1. The molecule has 1 aromatic carbocycles. The highest BCUT2D eigenvalue weighted by Gasteiger charge is 2.62. The smallest absolute Gasteiger partial charge is 0.231 e. The minimum absolute atomic E-state index is 0.0417. The van der Waals surface area contributed by atoms with Crippen LogP contribution in [0.3, 0.4) is 0 Å². The highest BCUT2D eigenvalue weighted by atomic mass is 35.5. The molecule has 2 aromatic rings. The molecule has 1 fully saturated rings. The molecule has 2 unspecified atom stereocenters. The SMILES string of the molecule is CC1(C)C(C#N)C1c1nc(Cc2ccccc2Cl)no1. The van der Waals surface area contributed by atoms with E-state index in [2.05, 4.69) is 16.2 Å². The Hall–Kier alpha value is -1.86. The van der Waals surface area contributed by atoms with E-state index in [9.17, 15) is 0 Å². The average molecular weight is 288 g/mol. The standard InChI is InChI=1S/C15H14ClN3O/c1-15(2)10(8-17)13(15)14-18-12(19-20-14)7-9-5-3-4-6-11(9)16/h3-6,10,13H,7H2,1-2H3. The van der Waals surface area contributed by atoms with Crippen LogP contribution in [0.1, 0.15) is 37.0 Å². The molecule has 1 aromatic heterocycles. The summed E-state index contributed by atoms with van der Waals surface area (Å²) in [5.74, 6) is 1.16. The Bertz CT molecular complexity index is 686. The molecule has 1 saturated carbocycles. The van der Waals surface area contributed by atoms with Crippen LogP contribution in [-0.4, -0.2) is 10.1 Å². The van der Waals surface area contributed by atoms with E-state index in [1.54, 1.807) is 0 Å². The Labute approximate surface area is 122 Å². The molecular weight excluding hydrogens is 274 g/mol. The summed E-state index contributed by atoms with van der Waals surface area (Å²) in [6.45, 7) is 4.09. The molecule has 2 atom stereocenters. The fraction of sp³-hybridized carbons (Fsp3) is 0.400. The van der Waals surface area contributed by atoms with E-state index in [4.69, 9.17) is 21.4 Å². The first-order valence-corrected chi connectivity index (χ1v) is 6.87. The van der Waals surface area contributed by atoms with Gasteiger partial charge in [0.25, 0.3) is 0 Å². The normalized spacial score (nSPS) is 23.3. The van der Waals surface area contributed by atoms with Gasteiger partial charge in [0.2, 0.25) is 5.89 Å². The second-order valence-corrected chi connectivity index (χ2v) is 6.13. The van der Waals surface area contributed by atoms with Gasteiger partial charge in [0, 0.05) is 11.4 Å². The van der Waals surface area contributed by atoms with Crippen molar-refractivity contribution in [2.24, 2.45) is 11.3 Å². The molecule has 0 aliphatic heterocycles. The highest BCUT2D eigenvalue weighted by molar-refractivity contribution is 6.31. The Morgan fingerprint density at radius 1 is 1.40 bits per heavy atom. The number of nitrogens with zero attached hydrogens (tertiary/aromatic N) is 3. The van der Waals surface area contributed by atoms with Gasteiger partial charge in [0.1, 0.15) is 0 Å². The second kappa shape index (κ2) is 4.60. The number of hydrogen-bond acceptors (Lipinski definition) is 4. The van der Waals surface area contributed by atoms with Crippen molar-refractivity contribution in [2.75, 3.05) is 0 Å². The molecular formula is C15H14ClN3O. The largest absolute Gasteiger partial charge is 0.339 e. The van der Waals surface area contributed by atoms with Crippen molar-refractivity contribution in [3.8, 4) is 6.07 Å². The third-order valence-corrected chi connectivity index (χ3v) is 4.39. The van der Waals surface area contributed by atoms with Crippen molar-refractivity contribution in [2.45, 2.75) is 26.2 Å². The van der Waals surface area contributed by atoms with Gasteiger partial charge in [-0.2, -0.15) is 10.2 Å². The molecule has 0 bridgehead atoms. The fourth-order valence-electron chi connectivity index (χ4n) is 2.62. The molecule has 1 heterocycles. The number of benzene rings is 1. The van der Waals surface area contributed by atoms with Crippen molar-refractivity contribution in [1.29, 1.82) is 5.26 Å². The van der Waals surface area contributed by atoms with Crippen molar-refractivity contribution in [3.05, 3.63) is 46.6 Å². The van der Waals surface area contributed by atoms with Crippen LogP contribution in [0.25, 0.3) is 0 Å². The maximum atomic E-state index is 9.09. The molecule has 0 spiro atoms. The summed E-state index contributed by atoms with van der Waals surface area (Å²) in [7, 11) is 0. The topological polar surface area (TPSA) is 62.7 Å². The van der Waals surface area contributed by atoms with Gasteiger partial charge in [-0.25, -0.2) is 0 Å². The molecule has 1 aliphatic carbocycles. The Kier molecular flexibility index (Phi) is 3.02. The summed E-state index contributed by atoms with van der Waals surface area (Å²) in [6.07, 6.45) is 0.535. The van der Waals surface area contributed by atoms with Gasteiger partial charge in [-0.1, -0.05) is 48.8 Å². The maximum absolute atomic E-state index is 9.09. The molecule has 0 radical (unpaired) electrons. The van der Waals surface area contributed by atoms with Gasteiger partial charge >= 0.3 is 0 Å². The predicted octanol–water partition coefficient (Wildman–Crippen LogP) is 3.58. The van der Waals surface area contributed by atoms with Crippen LogP contribution in [0.5, 0.6) is 0 Å². The molecule has 0 amide bonds. The second-order valence-electron chi connectivity index (χ2n) is 5.72. The van der Waals surface area contributed by atoms with Gasteiger partial charge in [0.15, 0.2) is 5.82 Å². The van der Waals surface area contributed by atoms with Crippen LogP contribution in [0, 0.1) is 22.7 Å². The zero-order valence-corrected chi connectivity index (χ0v) is 12.1. The van der Waals surface area contributed by atoms with Gasteiger partial charge < -0.3 is 4.52 Å². The number of aromatic nitrogens is 2. The third-order valence-electron chi connectivity index (χ3n) is 4.02. The molecule has 5 heteroatoms. The lowest BCUT2D eigenvalue weighted by atomic mass is 10.1. The molecule has 1 aliphatic rings. The van der Waals surface area contributed by atoms with Gasteiger partial charge in [-0.3, -0.25) is 0 Å². The van der Waals surface area contributed by atoms with Crippen molar-refractivity contribution < 1.29 is 4.52 Å². The summed E-state index contributed by atoms with van der Waals surface area (Å²) in [6, 6.07) is 9.89. The number of rotatable bonds is 3. The molecule has 4 nitrogen and oxygen atoms in total. The Morgan fingerprint density at radius 3 is 2.80 bits per heavy atom. The lowest BCUT2D eigenvalue weighted by Gasteiger charge is -1.99. The van der Waals surface area contributed by atoms with E-state index in [0.29, 0.717) is 23.2 Å². The lowest BCUT2D eigenvalue weighted by molar-refractivity contribution is 0.363. The van der Waals surface area contributed by atoms with E-state index < -0.39 is 0 Å². The Balaban J connectivity index is 1.79. The molecule has 20 heavy (non-hydrogen) atoms. The van der Waals surface area contributed by atoms with E-state index in [1.807, 2.05) is 38.1 Å². The van der Waals surface area contributed by atoms with E-state index >= 15 is 0 Å². The first-order chi connectivity index (χ1) is 9.54. The van der Waals surface area contributed by atoms with E-state index in [1.165, 1.54) is 0 Å². The molecule has 102 valence electrons. The minimum atomic E-state index is -0.0804. The zero-order chi connectivity index (χ0) is 14.3. The van der Waals surface area contributed by atoms with E-state index in [-0.39, 0.29) is 17.3 Å². The van der Waals surface area contributed by atoms with Crippen LogP contribution in [0.2, 0.25) is 5.02 Å². The quantitative estimate of drug-likeness (QED) is 0.865. The Morgan fingerprint density at radius 2 is 2.15 bits per heavy atom. The van der Waals surface area contributed by atoms with Crippen LogP contribution >= 0.6 is 11.6 Å². The fourth-order valence-corrected chi connectivity index (χ4v) is 2.82. The highest BCUT2D eigenvalue weighted by Crippen LogP contribution is 2.63. The number of halogens is 1. The van der Waals surface area contributed by atoms with Crippen molar-refractivity contribution in [3.63, 3.8) is 0 Å². The predicted molar refractivity (Wildman–Crippen MR) is 74.2 cm³/mol. The van der Waals surface area contributed by atoms with Crippen LogP contribution in [-0.2, 0) is 6.42 Å². The van der Waals surface area contributed by atoms with E-state index in [0.717, 1.165) is 5.56 Å². The summed E-state index contributed by atoms with van der Waals surface area (Å²) < 4.78 is 5.31. The minimum Gasteiger partial charge on any atom is -0.339 e. The summed E-state index contributed by atoms with van der Waals surface area (Å²) in [5, 5.41) is 13.8. The zero-order valence-electron chi connectivity index (χ0n) is 11.3. The van der Waals surface area contributed by atoms with Gasteiger partial charge in [-0.15, -0.1) is 0 Å². The van der Waals surface area contributed by atoms with Crippen LogP contribution < -0.4 is 0 Å². The molecule has 0 N–H and O–H groups in total. The van der Waals surface area contributed by atoms with Gasteiger partial charge in [-0.05, 0) is 17.0 Å². The first-order valence-electron chi connectivity index (χ1n) is 6.49.